The van der Waals surface area contributed by atoms with Crippen molar-refractivity contribution in [2.24, 2.45) is 0 Å². The number of likely N-dealkylation sites (tertiary alicyclic amines) is 2. The smallest absolute Gasteiger partial charge is 0.290 e. The van der Waals surface area contributed by atoms with Gasteiger partial charge in [-0.2, -0.15) is 0 Å². The maximum atomic E-state index is 13.5. The van der Waals surface area contributed by atoms with Crippen LogP contribution in [0.15, 0.2) is 28.8 Å². The van der Waals surface area contributed by atoms with Gasteiger partial charge in [0.05, 0.1) is 24.4 Å². The molecule has 2 aromatic heterocycles. The Balaban J connectivity index is 1.42. The summed E-state index contributed by atoms with van der Waals surface area (Å²) in [5.41, 5.74) is 2.64. The third-order valence-corrected chi connectivity index (χ3v) is 6.77. The van der Waals surface area contributed by atoms with E-state index >= 15 is 0 Å². The monoisotopic (exact) mass is 448 g/mol. The van der Waals surface area contributed by atoms with Crippen molar-refractivity contribution < 1.29 is 18.7 Å². The molecule has 3 aromatic rings. The van der Waals surface area contributed by atoms with Crippen molar-refractivity contribution in [3.63, 3.8) is 0 Å². The van der Waals surface area contributed by atoms with Crippen molar-refractivity contribution >= 4 is 22.8 Å². The van der Waals surface area contributed by atoms with Gasteiger partial charge in [0.15, 0.2) is 11.6 Å². The van der Waals surface area contributed by atoms with E-state index in [4.69, 9.17) is 9.15 Å². The second-order valence-corrected chi connectivity index (χ2v) is 8.80. The lowest BCUT2D eigenvalue weighted by Crippen LogP contribution is -2.32. The number of hydrogen-bond acceptors (Lipinski definition) is 6. The van der Waals surface area contributed by atoms with Gasteiger partial charge in [-0.1, -0.05) is 0 Å². The molecule has 0 spiro atoms. The lowest BCUT2D eigenvalue weighted by Gasteiger charge is -2.23. The van der Waals surface area contributed by atoms with Crippen LogP contribution in [0.1, 0.15) is 69.7 Å². The summed E-state index contributed by atoms with van der Waals surface area (Å²) in [7, 11) is 1.60. The summed E-state index contributed by atoms with van der Waals surface area (Å²) >= 11 is 0. The second-order valence-electron chi connectivity index (χ2n) is 8.80. The van der Waals surface area contributed by atoms with E-state index < -0.39 is 0 Å². The van der Waals surface area contributed by atoms with E-state index in [1.807, 2.05) is 30.9 Å². The number of amides is 2. The van der Waals surface area contributed by atoms with Crippen molar-refractivity contribution in [2.45, 2.75) is 45.6 Å². The fourth-order valence-electron chi connectivity index (χ4n) is 4.89. The van der Waals surface area contributed by atoms with Crippen molar-refractivity contribution in [3.05, 3.63) is 52.8 Å². The number of ether oxygens (including phenoxy) is 1. The Morgan fingerprint density at radius 1 is 1.09 bits per heavy atom. The molecular formula is C25H28N4O4. The molecule has 0 bridgehead atoms. The van der Waals surface area contributed by atoms with Crippen molar-refractivity contribution in [1.29, 1.82) is 0 Å². The Hall–Kier alpha value is -3.42. The Bertz CT molecular complexity index is 1230. The van der Waals surface area contributed by atoms with Gasteiger partial charge in [-0.05, 0) is 51.7 Å². The largest absolute Gasteiger partial charge is 0.497 e. The van der Waals surface area contributed by atoms with Crippen LogP contribution in [0.25, 0.3) is 11.0 Å². The molecule has 0 aliphatic carbocycles. The molecule has 33 heavy (non-hydrogen) atoms. The Labute approximate surface area is 192 Å². The average molecular weight is 449 g/mol. The zero-order valence-corrected chi connectivity index (χ0v) is 19.3. The topological polar surface area (TPSA) is 88.8 Å². The number of carbonyl (C=O) groups excluding carboxylic acids is 2. The van der Waals surface area contributed by atoms with Crippen molar-refractivity contribution in [1.82, 2.24) is 19.8 Å². The molecule has 4 heterocycles. The molecule has 0 N–H and O–H groups in total. The molecule has 172 valence electrons. The Kier molecular flexibility index (Phi) is 5.52. The number of hydrogen-bond donors (Lipinski definition) is 0. The third-order valence-electron chi connectivity index (χ3n) is 6.77. The van der Waals surface area contributed by atoms with E-state index in [9.17, 15) is 9.59 Å². The van der Waals surface area contributed by atoms with Crippen LogP contribution in [0.2, 0.25) is 0 Å². The molecule has 2 saturated heterocycles. The summed E-state index contributed by atoms with van der Waals surface area (Å²) in [6.07, 6.45) is 5.34. The summed E-state index contributed by atoms with van der Waals surface area (Å²) < 4.78 is 11.2. The van der Waals surface area contributed by atoms with Crippen LogP contribution in [-0.4, -0.2) is 58.3 Å². The van der Waals surface area contributed by atoms with Crippen LogP contribution >= 0.6 is 0 Å². The number of aromatic nitrogens is 2. The standard InChI is InChI=1S/C25H28N4O4/c1-15-18-9-8-17(32-3)13-21(18)33-22(15)25(31)29-12-6-7-20(29)23-26-14-19(16(2)27-23)24(30)28-10-4-5-11-28/h8-9,13-14,20H,4-7,10-12H2,1-3H3. The lowest BCUT2D eigenvalue weighted by atomic mass is 10.1. The molecule has 0 radical (unpaired) electrons. The fraction of sp³-hybridized carbons (Fsp3) is 0.440. The van der Waals surface area contributed by atoms with E-state index in [2.05, 4.69) is 9.97 Å². The van der Waals surface area contributed by atoms with Crippen LogP contribution in [0.3, 0.4) is 0 Å². The summed E-state index contributed by atoms with van der Waals surface area (Å²) in [6, 6.07) is 5.32. The maximum Gasteiger partial charge on any atom is 0.290 e. The van der Waals surface area contributed by atoms with Crippen molar-refractivity contribution in [2.75, 3.05) is 26.7 Å². The molecule has 1 unspecified atom stereocenters. The van der Waals surface area contributed by atoms with Gasteiger partial charge >= 0.3 is 0 Å². The second kappa shape index (κ2) is 8.50. The lowest BCUT2D eigenvalue weighted by molar-refractivity contribution is 0.0697. The minimum Gasteiger partial charge on any atom is -0.497 e. The zero-order valence-electron chi connectivity index (χ0n) is 19.3. The highest BCUT2D eigenvalue weighted by molar-refractivity contribution is 5.99. The van der Waals surface area contributed by atoms with Crippen LogP contribution in [0, 0.1) is 13.8 Å². The summed E-state index contributed by atoms with van der Waals surface area (Å²) in [4.78, 5) is 39.1. The average Bonchev–Trinajstić information content (AvgIpc) is 3.58. The van der Waals surface area contributed by atoms with Crippen LogP contribution in [0.4, 0.5) is 0 Å². The molecule has 2 aliphatic rings. The van der Waals surface area contributed by atoms with Gasteiger partial charge in [-0.15, -0.1) is 0 Å². The van der Waals surface area contributed by atoms with Gasteiger partial charge in [-0.25, -0.2) is 9.97 Å². The molecule has 8 nitrogen and oxygen atoms in total. The molecule has 2 amide bonds. The van der Waals surface area contributed by atoms with Crippen LogP contribution < -0.4 is 4.74 Å². The van der Waals surface area contributed by atoms with E-state index in [-0.39, 0.29) is 17.9 Å². The van der Waals surface area contributed by atoms with Crippen LogP contribution in [-0.2, 0) is 0 Å². The van der Waals surface area contributed by atoms with E-state index in [0.717, 1.165) is 49.7 Å². The maximum absolute atomic E-state index is 13.5. The summed E-state index contributed by atoms with van der Waals surface area (Å²) in [5.74, 6) is 1.42. The quantitative estimate of drug-likeness (QED) is 0.598. The molecule has 1 aromatic carbocycles. The van der Waals surface area contributed by atoms with E-state index in [1.165, 1.54) is 0 Å². The van der Waals surface area contributed by atoms with Gasteiger partial charge in [0.1, 0.15) is 11.3 Å². The number of furan rings is 1. The van der Waals surface area contributed by atoms with Crippen LogP contribution in [0.5, 0.6) is 5.75 Å². The van der Waals surface area contributed by atoms with Crippen molar-refractivity contribution in [3.8, 4) is 5.75 Å². The number of rotatable bonds is 4. The first-order valence-electron chi connectivity index (χ1n) is 11.5. The van der Waals surface area contributed by atoms with Gasteiger partial charge in [0, 0.05) is 42.8 Å². The summed E-state index contributed by atoms with van der Waals surface area (Å²) in [5, 5.41) is 0.895. The molecular weight excluding hydrogens is 420 g/mol. The number of aryl methyl sites for hydroxylation is 2. The van der Waals surface area contributed by atoms with Gasteiger partial charge in [-0.3, -0.25) is 9.59 Å². The number of carbonyl (C=O) groups is 2. The Morgan fingerprint density at radius 3 is 2.61 bits per heavy atom. The molecule has 1 atom stereocenters. The zero-order chi connectivity index (χ0) is 23.1. The minimum atomic E-state index is -0.241. The number of fused-ring (bicyclic) bond motifs is 1. The fourth-order valence-corrected chi connectivity index (χ4v) is 4.89. The van der Waals surface area contributed by atoms with Gasteiger partial charge in [0.2, 0.25) is 0 Å². The molecule has 8 heteroatoms. The van der Waals surface area contributed by atoms with Gasteiger partial charge < -0.3 is 19.0 Å². The third kappa shape index (κ3) is 3.73. The highest BCUT2D eigenvalue weighted by atomic mass is 16.5. The molecule has 5 rings (SSSR count). The van der Waals surface area contributed by atoms with Gasteiger partial charge in [0.25, 0.3) is 11.8 Å². The highest BCUT2D eigenvalue weighted by Crippen LogP contribution is 2.35. The highest BCUT2D eigenvalue weighted by Gasteiger charge is 2.35. The summed E-state index contributed by atoms with van der Waals surface area (Å²) in [6.45, 7) is 5.92. The molecule has 0 saturated carbocycles. The first kappa shape index (κ1) is 21.4. The van der Waals surface area contributed by atoms with E-state index in [0.29, 0.717) is 40.7 Å². The van der Waals surface area contributed by atoms with E-state index in [1.54, 1.807) is 24.3 Å². The molecule has 2 aliphatic heterocycles. The SMILES string of the molecule is COc1ccc2c(C)c(C(=O)N3CCCC3c3ncc(C(=O)N4CCCC4)c(C)n3)oc2c1. The number of methoxy groups -OCH3 is 1. The predicted octanol–water partition coefficient (Wildman–Crippen LogP) is 4.06. The predicted molar refractivity (Wildman–Crippen MR) is 122 cm³/mol. The number of benzene rings is 1. The normalized spacial score (nSPS) is 18.3. The number of nitrogens with zero attached hydrogens (tertiary/aromatic N) is 4. The molecule has 2 fully saturated rings. The Morgan fingerprint density at radius 2 is 1.88 bits per heavy atom. The first-order valence-corrected chi connectivity index (χ1v) is 11.5. The first-order chi connectivity index (χ1) is 16.0. The minimum absolute atomic E-state index is 0.00997.